The molecular weight excluding hydrogens is 458 g/mol. The van der Waals surface area contributed by atoms with E-state index in [1.54, 1.807) is 0 Å². The van der Waals surface area contributed by atoms with Gasteiger partial charge < -0.3 is 10.1 Å². The first-order chi connectivity index (χ1) is 13.9. The lowest BCUT2D eigenvalue weighted by molar-refractivity contribution is -0.356. The first-order valence-corrected chi connectivity index (χ1v) is 9.65. The maximum absolute atomic E-state index is 13.4. The molecule has 0 bridgehead atoms. The van der Waals surface area contributed by atoms with Crippen LogP contribution in [0.25, 0.3) is 0 Å². The summed E-state index contributed by atoms with van der Waals surface area (Å²) < 4.78 is 114. The van der Waals surface area contributed by atoms with Crippen molar-refractivity contribution in [2.75, 3.05) is 11.1 Å². The number of amides is 1. The summed E-state index contributed by atoms with van der Waals surface area (Å²) in [4.78, 5) is 23.6. The van der Waals surface area contributed by atoms with Gasteiger partial charge in [-0.15, -0.1) is 0 Å². The van der Waals surface area contributed by atoms with Crippen molar-refractivity contribution in [2.45, 2.75) is 37.5 Å². The maximum Gasteiger partial charge on any atom is 0.438 e. The van der Waals surface area contributed by atoms with Crippen molar-refractivity contribution < 1.29 is 53.6 Å². The fraction of sp³-hybridized carbons (Fsp3) is 0.467. The molecule has 0 aromatic heterocycles. The zero-order valence-electron chi connectivity index (χ0n) is 15.6. The SMILES string of the molecule is [B]Cc1cc(C[B])c(C(=O)OC(CS(=O)(=O)O)(C(F)(F)F)C(F)(F)F)cc1NC(C)=O. The highest BCUT2D eigenvalue weighted by molar-refractivity contribution is 7.85. The van der Waals surface area contributed by atoms with E-state index in [2.05, 4.69) is 10.1 Å². The standard InChI is InChI=1S/C15H13B2F6NO6S/c1-7(25)24-11-3-10(8(4-16)2-9(11)5-17)12(26)30-13(14(18,19)20,15(21,22)23)6-31(27,28)29/h2-3H,4-6H2,1H3,(H,24,25)(H,27,28,29). The first kappa shape index (κ1) is 26.8. The molecule has 1 rings (SSSR count). The molecule has 0 unspecified atom stereocenters. The van der Waals surface area contributed by atoms with Gasteiger partial charge in [-0.1, -0.05) is 18.7 Å². The van der Waals surface area contributed by atoms with Crippen LogP contribution < -0.4 is 5.32 Å². The van der Waals surface area contributed by atoms with Crippen LogP contribution in [-0.2, 0) is 32.3 Å². The van der Waals surface area contributed by atoms with Crippen LogP contribution in [0.5, 0.6) is 0 Å². The van der Waals surface area contributed by atoms with E-state index >= 15 is 0 Å². The van der Waals surface area contributed by atoms with Crippen molar-refractivity contribution >= 4 is 43.4 Å². The number of hydrogen-bond acceptors (Lipinski definition) is 5. The van der Waals surface area contributed by atoms with Crippen molar-refractivity contribution in [2.24, 2.45) is 0 Å². The number of nitrogens with one attached hydrogen (secondary N) is 1. The molecule has 4 radical (unpaired) electrons. The number of alkyl halides is 6. The average molecular weight is 471 g/mol. The van der Waals surface area contributed by atoms with Gasteiger partial charge in [0.1, 0.15) is 5.75 Å². The molecule has 0 saturated carbocycles. The highest BCUT2D eigenvalue weighted by Gasteiger charge is 2.76. The Morgan fingerprint density at radius 1 is 1.03 bits per heavy atom. The summed E-state index contributed by atoms with van der Waals surface area (Å²) >= 11 is 0. The molecule has 0 aliphatic rings. The molecule has 0 atom stereocenters. The molecule has 31 heavy (non-hydrogen) atoms. The van der Waals surface area contributed by atoms with Crippen molar-refractivity contribution in [3.05, 3.63) is 28.8 Å². The predicted octanol–water partition coefficient (Wildman–Crippen LogP) is 1.89. The van der Waals surface area contributed by atoms with Gasteiger partial charge in [-0.05, 0) is 17.2 Å². The van der Waals surface area contributed by atoms with Gasteiger partial charge in [-0.2, -0.15) is 34.8 Å². The van der Waals surface area contributed by atoms with Gasteiger partial charge in [0.15, 0.2) is 0 Å². The van der Waals surface area contributed by atoms with E-state index in [9.17, 15) is 44.3 Å². The molecule has 0 aliphatic heterocycles. The van der Waals surface area contributed by atoms with Gasteiger partial charge in [0.25, 0.3) is 10.1 Å². The molecule has 0 heterocycles. The Kier molecular flexibility index (Phi) is 7.87. The number of ether oxygens (including phenoxy) is 1. The van der Waals surface area contributed by atoms with Crippen LogP contribution in [0.1, 0.15) is 28.4 Å². The van der Waals surface area contributed by atoms with E-state index in [-0.39, 0.29) is 23.1 Å². The number of anilines is 1. The number of benzene rings is 1. The molecule has 1 amide bonds. The molecule has 16 heteroatoms. The number of carbonyl (C=O) groups excluding carboxylic acids is 2. The number of esters is 1. The third kappa shape index (κ3) is 6.15. The second-order valence-electron chi connectivity index (χ2n) is 6.19. The summed E-state index contributed by atoms with van der Waals surface area (Å²) in [5.74, 6) is -5.99. The smallest absolute Gasteiger partial charge is 0.435 e. The van der Waals surface area contributed by atoms with Gasteiger partial charge in [0.2, 0.25) is 5.91 Å². The Balaban J connectivity index is 3.70. The Bertz CT molecular complexity index is 950. The van der Waals surface area contributed by atoms with E-state index < -0.39 is 57.6 Å². The lowest BCUT2D eigenvalue weighted by atomic mass is 9.87. The lowest BCUT2D eigenvalue weighted by Gasteiger charge is -2.35. The molecule has 2 N–H and O–H groups in total. The first-order valence-electron chi connectivity index (χ1n) is 8.04. The van der Waals surface area contributed by atoms with Crippen LogP contribution in [0.2, 0.25) is 0 Å². The predicted molar refractivity (Wildman–Crippen MR) is 96.3 cm³/mol. The average Bonchev–Trinajstić information content (AvgIpc) is 2.57. The van der Waals surface area contributed by atoms with Crippen molar-refractivity contribution in [3.63, 3.8) is 0 Å². The summed E-state index contributed by atoms with van der Waals surface area (Å²) in [6.07, 6.45) is -13.8. The van der Waals surface area contributed by atoms with Crippen LogP contribution in [-0.4, -0.2) is 64.2 Å². The molecule has 168 valence electrons. The minimum atomic E-state index is -6.49. The summed E-state index contributed by atoms with van der Waals surface area (Å²) in [6, 6.07) is 1.74. The van der Waals surface area contributed by atoms with Crippen LogP contribution in [0, 0.1) is 0 Å². The summed E-state index contributed by atoms with van der Waals surface area (Å²) in [5, 5.41) is 2.18. The van der Waals surface area contributed by atoms with Crippen LogP contribution in [0.3, 0.4) is 0 Å². The fourth-order valence-electron chi connectivity index (χ4n) is 2.47. The molecule has 1 aromatic rings. The largest absolute Gasteiger partial charge is 0.438 e. The molecule has 7 nitrogen and oxygen atoms in total. The van der Waals surface area contributed by atoms with Crippen molar-refractivity contribution in [1.82, 2.24) is 0 Å². The van der Waals surface area contributed by atoms with Crippen LogP contribution in [0.4, 0.5) is 32.0 Å². The fourth-order valence-corrected chi connectivity index (χ4v) is 3.37. The monoisotopic (exact) mass is 471 g/mol. The third-order valence-corrected chi connectivity index (χ3v) is 4.64. The second kappa shape index (κ2) is 9.10. The number of carbonyl (C=O) groups is 2. The van der Waals surface area contributed by atoms with Gasteiger partial charge in [0.05, 0.1) is 21.3 Å². The molecule has 0 spiro atoms. The summed E-state index contributed by atoms with van der Waals surface area (Å²) in [6.45, 7) is 1.03. The molecule has 0 fully saturated rings. The molecule has 0 aliphatic carbocycles. The quantitative estimate of drug-likeness (QED) is 0.272. The summed E-state index contributed by atoms with van der Waals surface area (Å²) in [5.41, 5.74) is -6.89. The molecule has 1 aromatic carbocycles. The Labute approximate surface area is 175 Å². The van der Waals surface area contributed by atoms with E-state index in [4.69, 9.17) is 20.2 Å². The Morgan fingerprint density at radius 2 is 1.52 bits per heavy atom. The van der Waals surface area contributed by atoms with E-state index in [1.807, 2.05) is 0 Å². The lowest BCUT2D eigenvalue weighted by Crippen LogP contribution is -2.63. The zero-order valence-corrected chi connectivity index (χ0v) is 16.4. The van der Waals surface area contributed by atoms with Crippen LogP contribution >= 0.6 is 0 Å². The van der Waals surface area contributed by atoms with Crippen molar-refractivity contribution in [3.8, 4) is 0 Å². The number of rotatable bonds is 7. The zero-order chi connectivity index (χ0) is 24.4. The van der Waals surface area contributed by atoms with E-state index in [0.717, 1.165) is 13.0 Å². The number of halogens is 6. The normalized spacial score (nSPS) is 13.0. The third-order valence-electron chi connectivity index (χ3n) is 3.87. The van der Waals surface area contributed by atoms with Gasteiger partial charge >= 0.3 is 23.9 Å². The molecule has 0 saturated heterocycles. The Morgan fingerprint density at radius 3 is 1.87 bits per heavy atom. The summed E-state index contributed by atoms with van der Waals surface area (Å²) in [7, 11) is 4.90. The maximum atomic E-state index is 13.4. The van der Waals surface area contributed by atoms with Crippen LogP contribution in [0.15, 0.2) is 12.1 Å². The van der Waals surface area contributed by atoms with Gasteiger partial charge in [-0.25, -0.2) is 4.79 Å². The van der Waals surface area contributed by atoms with Gasteiger partial charge in [0, 0.05) is 12.6 Å². The van der Waals surface area contributed by atoms with Gasteiger partial charge in [-0.3, -0.25) is 9.35 Å². The Hall–Kier alpha value is -2.22. The minimum absolute atomic E-state index is 0.142. The van der Waals surface area contributed by atoms with E-state index in [0.29, 0.717) is 6.07 Å². The van der Waals surface area contributed by atoms with E-state index in [1.165, 1.54) is 0 Å². The topological polar surface area (TPSA) is 110 Å². The van der Waals surface area contributed by atoms with Crippen molar-refractivity contribution in [1.29, 1.82) is 0 Å². The molecular formula is C15H13B2F6NO6S. The minimum Gasteiger partial charge on any atom is -0.435 e. The second-order valence-corrected chi connectivity index (χ2v) is 7.65. The number of hydrogen-bond donors (Lipinski definition) is 2. The highest BCUT2D eigenvalue weighted by atomic mass is 32.2. The highest BCUT2D eigenvalue weighted by Crippen LogP contribution is 2.47.